The van der Waals surface area contributed by atoms with E-state index in [0.717, 1.165) is 0 Å². The predicted octanol–water partition coefficient (Wildman–Crippen LogP) is 3.88. The van der Waals surface area contributed by atoms with Crippen molar-refractivity contribution in [1.82, 2.24) is 0 Å². The van der Waals surface area contributed by atoms with Gasteiger partial charge in [0.1, 0.15) is 11.5 Å². The lowest BCUT2D eigenvalue weighted by Crippen LogP contribution is -2.17. The minimum absolute atomic E-state index is 0.197. The lowest BCUT2D eigenvalue weighted by molar-refractivity contribution is -0.274. The van der Waals surface area contributed by atoms with Crippen molar-refractivity contribution in [1.29, 1.82) is 0 Å². The summed E-state index contributed by atoms with van der Waals surface area (Å²) >= 11 is 5.62. The van der Waals surface area contributed by atoms with Gasteiger partial charge in [-0.15, -0.1) is 13.2 Å². The summed E-state index contributed by atoms with van der Waals surface area (Å²) in [6.45, 7) is 0. The summed E-state index contributed by atoms with van der Waals surface area (Å²) in [6.07, 6.45) is -4.71. The van der Waals surface area contributed by atoms with Crippen molar-refractivity contribution in [2.75, 3.05) is 0 Å². The van der Waals surface area contributed by atoms with Gasteiger partial charge in [-0.3, -0.25) is 0 Å². The second-order valence-electron chi connectivity index (χ2n) is 3.74. The average Bonchev–Trinajstić information content (AvgIpc) is 2.74. The van der Waals surface area contributed by atoms with Crippen molar-refractivity contribution >= 4 is 11.6 Å². The lowest BCUT2D eigenvalue weighted by atomic mass is 10.1. The molecule has 0 spiro atoms. The normalized spacial score (nSPS) is 13.3. The fraction of sp³-hybridized carbons (Fsp3) is 0.167. The van der Waals surface area contributed by atoms with Crippen molar-refractivity contribution in [2.45, 2.75) is 12.4 Å². The summed E-state index contributed by atoms with van der Waals surface area (Å²) in [5.41, 5.74) is 6.48. The summed E-state index contributed by atoms with van der Waals surface area (Å²) in [4.78, 5) is 0. The number of nitrogens with two attached hydrogens (primary N) is 1. The molecule has 2 aromatic rings. The van der Waals surface area contributed by atoms with Gasteiger partial charge >= 0.3 is 6.36 Å². The third kappa shape index (κ3) is 3.65. The maximum absolute atomic E-state index is 12.0. The number of benzene rings is 1. The molecule has 0 fully saturated rings. The molecule has 2 N–H and O–H groups in total. The molecule has 7 heteroatoms. The zero-order chi connectivity index (χ0) is 14.0. The number of rotatable bonds is 3. The van der Waals surface area contributed by atoms with Crippen molar-refractivity contribution in [3.8, 4) is 5.75 Å². The Labute approximate surface area is 111 Å². The summed E-state index contributed by atoms with van der Waals surface area (Å²) < 4.78 is 44.9. The van der Waals surface area contributed by atoms with Gasteiger partial charge in [-0.1, -0.05) is 12.1 Å². The number of halogens is 4. The minimum atomic E-state index is -4.71. The Kier molecular flexibility index (Phi) is 3.73. The molecule has 0 radical (unpaired) electrons. The lowest BCUT2D eigenvalue weighted by Gasteiger charge is -2.12. The maximum atomic E-state index is 12.0. The van der Waals surface area contributed by atoms with E-state index < -0.39 is 12.4 Å². The molecule has 0 aliphatic carbocycles. The molecule has 0 amide bonds. The molecule has 102 valence electrons. The number of hydrogen-bond acceptors (Lipinski definition) is 3. The van der Waals surface area contributed by atoms with E-state index in [9.17, 15) is 13.2 Å². The van der Waals surface area contributed by atoms with Gasteiger partial charge in [0.05, 0.1) is 6.04 Å². The number of ether oxygens (including phenoxy) is 1. The van der Waals surface area contributed by atoms with Crippen LogP contribution in [0.25, 0.3) is 0 Å². The van der Waals surface area contributed by atoms with E-state index in [0.29, 0.717) is 11.3 Å². The van der Waals surface area contributed by atoms with Gasteiger partial charge in [0, 0.05) is 0 Å². The molecule has 2 rings (SSSR count). The fourth-order valence-electron chi connectivity index (χ4n) is 1.54. The zero-order valence-electron chi connectivity index (χ0n) is 9.45. The first kappa shape index (κ1) is 13.8. The molecular formula is C12H9ClF3NO2. The third-order valence-corrected chi connectivity index (χ3v) is 2.58. The van der Waals surface area contributed by atoms with E-state index >= 15 is 0 Å². The molecule has 0 saturated carbocycles. The highest BCUT2D eigenvalue weighted by Crippen LogP contribution is 2.27. The topological polar surface area (TPSA) is 48.4 Å². The Bertz CT molecular complexity index is 551. The van der Waals surface area contributed by atoms with Crippen LogP contribution in [0.1, 0.15) is 17.4 Å². The number of alkyl halides is 3. The van der Waals surface area contributed by atoms with Crippen molar-refractivity contribution in [2.24, 2.45) is 5.73 Å². The molecule has 1 heterocycles. The molecule has 0 unspecified atom stereocenters. The van der Waals surface area contributed by atoms with Crippen LogP contribution in [0.5, 0.6) is 5.75 Å². The summed E-state index contributed by atoms with van der Waals surface area (Å²) in [6, 6.07) is 7.78. The second kappa shape index (κ2) is 5.14. The van der Waals surface area contributed by atoms with Gasteiger partial charge < -0.3 is 14.9 Å². The smallest absolute Gasteiger partial charge is 0.448 e. The van der Waals surface area contributed by atoms with Crippen LogP contribution in [-0.4, -0.2) is 6.36 Å². The fourth-order valence-corrected chi connectivity index (χ4v) is 1.69. The molecule has 1 aromatic carbocycles. The monoisotopic (exact) mass is 291 g/mol. The molecule has 19 heavy (non-hydrogen) atoms. The molecule has 0 bridgehead atoms. The Morgan fingerprint density at radius 3 is 2.21 bits per heavy atom. The standard InChI is InChI=1S/C12H9ClF3NO2/c13-10-6-5-9(18-10)11(17)7-1-3-8(4-2-7)19-12(14,15)16/h1-6,11H,17H2/t11-/m0/s1. The SMILES string of the molecule is N[C@@H](c1ccc(OC(F)(F)F)cc1)c1ccc(Cl)o1. The highest BCUT2D eigenvalue weighted by molar-refractivity contribution is 6.28. The van der Waals surface area contributed by atoms with Crippen LogP contribution in [0.2, 0.25) is 5.22 Å². The largest absolute Gasteiger partial charge is 0.573 e. The highest BCUT2D eigenvalue weighted by atomic mass is 35.5. The van der Waals surface area contributed by atoms with Gasteiger partial charge in [0.2, 0.25) is 0 Å². The Morgan fingerprint density at radius 1 is 1.11 bits per heavy atom. The van der Waals surface area contributed by atoms with E-state index in [1.165, 1.54) is 30.3 Å². The van der Waals surface area contributed by atoms with Crippen LogP contribution >= 0.6 is 11.6 Å². The Balaban J connectivity index is 2.14. The highest BCUT2D eigenvalue weighted by Gasteiger charge is 2.31. The summed E-state index contributed by atoms with van der Waals surface area (Å²) in [7, 11) is 0. The van der Waals surface area contributed by atoms with Crippen LogP contribution in [-0.2, 0) is 0 Å². The molecule has 3 nitrogen and oxygen atoms in total. The first-order valence-corrected chi connectivity index (χ1v) is 5.59. The molecule has 0 aliphatic rings. The van der Waals surface area contributed by atoms with E-state index in [1.807, 2.05) is 0 Å². The van der Waals surface area contributed by atoms with E-state index in [-0.39, 0.29) is 11.0 Å². The van der Waals surface area contributed by atoms with Gasteiger partial charge in [-0.05, 0) is 41.4 Å². The molecule has 0 aliphatic heterocycles. The summed E-state index contributed by atoms with van der Waals surface area (Å²) in [5.74, 6) is 0.121. The Hall–Kier alpha value is -1.66. The van der Waals surface area contributed by atoms with E-state index in [4.69, 9.17) is 21.8 Å². The molecule has 0 saturated heterocycles. The van der Waals surface area contributed by atoms with Gasteiger partial charge in [-0.25, -0.2) is 0 Å². The van der Waals surface area contributed by atoms with Crippen LogP contribution in [0.15, 0.2) is 40.8 Å². The second-order valence-corrected chi connectivity index (χ2v) is 4.11. The Morgan fingerprint density at radius 2 is 1.74 bits per heavy atom. The van der Waals surface area contributed by atoms with Crippen LogP contribution < -0.4 is 10.5 Å². The van der Waals surface area contributed by atoms with Crippen LogP contribution in [0.3, 0.4) is 0 Å². The van der Waals surface area contributed by atoms with Gasteiger partial charge in [0.25, 0.3) is 0 Å². The predicted molar refractivity (Wildman–Crippen MR) is 62.9 cm³/mol. The minimum Gasteiger partial charge on any atom is -0.448 e. The number of furan rings is 1. The molecular weight excluding hydrogens is 283 g/mol. The average molecular weight is 292 g/mol. The van der Waals surface area contributed by atoms with Gasteiger partial charge in [0.15, 0.2) is 5.22 Å². The quantitative estimate of drug-likeness (QED) is 0.933. The van der Waals surface area contributed by atoms with E-state index in [1.54, 1.807) is 6.07 Å². The first-order chi connectivity index (χ1) is 8.85. The van der Waals surface area contributed by atoms with E-state index in [2.05, 4.69) is 4.74 Å². The van der Waals surface area contributed by atoms with Crippen molar-refractivity contribution in [3.63, 3.8) is 0 Å². The summed E-state index contributed by atoms with van der Waals surface area (Å²) in [5, 5.41) is 0.197. The first-order valence-electron chi connectivity index (χ1n) is 5.22. The molecule has 1 atom stereocenters. The molecule has 1 aromatic heterocycles. The zero-order valence-corrected chi connectivity index (χ0v) is 10.2. The van der Waals surface area contributed by atoms with Crippen molar-refractivity contribution in [3.05, 3.63) is 52.9 Å². The number of hydrogen-bond donors (Lipinski definition) is 1. The van der Waals surface area contributed by atoms with Crippen LogP contribution in [0.4, 0.5) is 13.2 Å². The van der Waals surface area contributed by atoms with Crippen LogP contribution in [0, 0.1) is 0 Å². The van der Waals surface area contributed by atoms with Crippen molar-refractivity contribution < 1.29 is 22.3 Å². The maximum Gasteiger partial charge on any atom is 0.573 e. The third-order valence-electron chi connectivity index (χ3n) is 2.37. The van der Waals surface area contributed by atoms with Gasteiger partial charge in [-0.2, -0.15) is 0 Å².